The van der Waals surface area contributed by atoms with Crippen molar-refractivity contribution in [2.75, 3.05) is 13.1 Å². The highest BCUT2D eigenvalue weighted by molar-refractivity contribution is 5.85. The van der Waals surface area contributed by atoms with E-state index in [4.69, 9.17) is 10.2 Å². The number of primary amides is 1. The van der Waals surface area contributed by atoms with Gasteiger partial charge >= 0.3 is 0 Å². The molecule has 1 aromatic rings. The zero-order valence-electron chi connectivity index (χ0n) is 9.27. The van der Waals surface area contributed by atoms with Crippen LogP contribution in [0.4, 0.5) is 0 Å². The molecule has 0 aromatic carbocycles. The van der Waals surface area contributed by atoms with E-state index in [0.717, 1.165) is 25.9 Å². The summed E-state index contributed by atoms with van der Waals surface area (Å²) in [5.41, 5.74) is 4.63. The summed E-state index contributed by atoms with van der Waals surface area (Å²) in [5.74, 6) is 0.0124. The van der Waals surface area contributed by atoms with Crippen molar-refractivity contribution in [3.05, 3.63) is 12.3 Å². The van der Waals surface area contributed by atoms with Gasteiger partial charge in [0.2, 0.25) is 18.2 Å². The lowest BCUT2D eigenvalue weighted by atomic mass is 9.72. The number of hydrogen-bond donors (Lipinski definition) is 2. The van der Waals surface area contributed by atoms with E-state index in [1.807, 2.05) is 0 Å². The van der Waals surface area contributed by atoms with Crippen molar-refractivity contribution < 1.29 is 9.21 Å². The number of carbonyl (C=O) groups excluding carboxylic acids is 1. The smallest absolute Gasteiger partial charge is 0.233 e. The van der Waals surface area contributed by atoms with E-state index in [-0.39, 0.29) is 5.92 Å². The molecule has 16 heavy (non-hydrogen) atoms. The summed E-state index contributed by atoms with van der Waals surface area (Å²) in [7, 11) is 0. The molecule has 0 spiro atoms. The third kappa shape index (κ3) is 1.69. The van der Waals surface area contributed by atoms with Crippen LogP contribution in [-0.4, -0.2) is 29.2 Å². The van der Waals surface area contributed by atoms with Gasteiger partial charge < -0.3 is 15.5 Å². The molecular weight excluding hydrogens is 208 g/mol. The van der Waals surface area contributed by atoms with E-state index in [1.54, 1.807) is 6.92 Å². The maximum absolute atomic E-state index is 11.7. The van der Waals surface area contributed by atoms with Crippen LogP contribution in [0.25, 0.3) is 0 Å². The first-order chi connectivity index (χ1) is 7.65. The summed E-state index contributed by atoms with van der Waals surface area (Å²) in [6.07, 6.45) is 3.20. The minimum Gasteiger partial charge on any atom is -0.427 e. The second kappa shape index (κ2) is 4.21. The van der Waals surface area contributed by atoms with Crippen molar-refractivity contribution in [2.45, 2.75) is 25.2 Å². The average molecular weight is 224 g/mol. The molecule has 0 saturated carbocycles. The molecule has 1 aliphatic heterocycles. The highest BCUT2D eigenvalue weighted by Crippen LogP contribution is 2.34. The Morgan fingerprint density at radius 2 is 2.56 bits per heavy atom. The Labute approximate surface area is 93.6 Å². The Morgan fingerprint density at radius 3 is 3.06 bits per heavy atom. The molecule has 1 aromatic heterocycles. The van der Waals surface area contributed by atoms with Crippen molar-refractivity contribution in [3.8, 4) is 0 Å². The molecule has 2 heterocycles. The molecule has 1 fully saturated rings. The van der Waals surface area contributed by atoms with Crippen LogP contribution in [0.3, 0.4) is 0 Å². The fraction of sp³-hybridized carbons (Fsp3) is 0.700. The number of hydrogen-bond acceptors (Lipinski definition) is 5. The van der Waals surface area contributed by atoms with Crippen LogP contribution in [-0.2, 0) is 10.2 Å². The normalized spacial score (nSPS) is 24.9. The third-order valence-electron chi connectivity index (χ3n) is 3.43. The summed E-state index contributed by atoms with van der Waals surface area (Å²) in [6, 6.07) is 0. The Kier molecular flexibility index (Phi) is 2.91. The lowest BCUT2D eigenvalue weighted by molar-refractivity contribution is -0.126. The van der Waals surface area contributed by atoms with Crippen molar-refractivity contribution in [3.63, 3.8) is 0 Å². The Bertz CT molecular complexity index is 359. The number of carbonyl (C=O) groups is 1. The number of nitrogens with one attached hydrogen (secondary N) is 1. The lowest BCUT2D eigenvalue weighted by Gasteiger charge is -2.34. The summed E-state index contributed by atoms with van der Waals surface area (Å²) >= 11 is 0. The van der Waals surface area contributed by atoms with E-state index in [1.165, 1.54) is 6.39 Å². The van der Waals surface area contributed by atoms with Crippen LogP contribution < -0.4 is 11.1 Å². The number of aromatic nitrogens is 2. The van der Waals surface area contributed by atoms with E-state index in [2.05, 4.69) is 15.5 Å². The molecule has 88 valence electrons. The van der Waals surface area contributed by atoms with Crippen LogP contribution in [0, 0.1) is 5.92 Å². The second-order valence-electron chi connectivity index (χ2n) is 4.35. The van der Waals surface area contributed by atoms with Crippen LogP contribution in [0.15, 0.2) is 10.8 Å². The standard InChI is InChI=1S/C10H16N4O2/c1-10(8(11)15,9-14-13-6-16-9)7-3-2-4-12-5-7/h6-7,12H,2-5H2,1H3,(H2,11,15). The topological polar surface area (TPSA) is 94.0 Å². The number of piperidine rings is 1. The van der Waals surface area contributed by atoms with E-state index in [0.29, 0.717) is 5.89 Å². The van der Waals surface area contributed by atoms with Crippen molar-refractivity contribution in [2.24, 2.45) is 11.7 Å². The highest BCUT2D eigenvalue weighted by Gasteiger charge is 2.46. The molecule has 6 heteroatoms. The van der Waals surface area contributed by atoms with E-state index < -0.39 is 11.3 Å². The average Bonchev–Trinajstić information content (AvgIpc) is 2.82. The molecule has 1 aliphatic rings. The molecule has 1 amide bonds. The first-order valence-corrected chi connectivity index (χ1v) is 5.43. The maximum atomic E-state index is 11.7. The van der Waals surface area contributed by atoms with Gasteiger partial charge in [-0.15, -0.1) is 10.2 Å². The van der Waals surface area contributed by atoms with Crippen LogP contribution in [0.5, 0.6) is 0 Å². The van der Waals surface area contributed by atoms with Gasteiger partial charge in [0.05, 0.1) is 0 Å². The van der Waals surface area contributed by atoms with Gasteiger partial charge in [0.1, 0.15) is 5.41 Å². The van der Waals surface area contributed by atoms with E-state index in [9.17, 15) is 4.79 Å². The van der Waals surface area contributed by atoms with E-state index >= 15 is 0 Å². The monoisotopic (exact) mass is 224 g/mol. The lowest BCUT2D eigenvalue weighted by Crippen LogP contribution is -2.50. The first kappa shape index (κ1) is 11.1. The molecule has 0 bridgehead atoms. The Hall–Kier alpha value is -1.43. The fourth-order valence-corrected chi connectivity index (χ4v) is 2.23. The van der Waals surface area contributed by atoms with Crippen molar-refractivity contribution in [1.29, 1.82) is 0 Å². The Balaban J connectivity index is 2.31. The van der Waals surface area contributed by atoms with Crippen LogP contribution >= 0.6 is 0 Å². The summed E-state index contributed by atoms with van der Waals surface area (Å²) in [5, 5.41) is 10.7. The molecule has 0 radical (unpaired) electrons. The first-order valence-electron chi connectivity index (χ1n) is 5.43. The summed E-state index contributed by atoms with van der Waals surface area (Å²) in [6.45, 7) is 3.51. The van der Waals surface area contributed by atoms with Gasteiger partial charge in [0.25, 0.3) is 0 Å². The highest BCUT2D eigenvalue weighted by atomic mass is 16.4. The fourth-order valence-electron chi connectivity index (χ4n) is 2.23. The second-order valence-corrected chi connectivity index (χ2v) is 4.35. The van der Waals surface area contributed by atoms with Gasteiger partial charge in [-0.2, -0.15) is 0 Å². The molecular formula is C10H16N4O2. The molecule has 0 aliphatic carbocycles. The third-order valence-corrected chi connectivity index (χ3v) is 3.43. The van der Waals surface area contributed by atoms with Crippen LogP contribution in [0.1, 0.15) is 25.7 Å². The molecule has 6 nitrogen and oxygen atoms in total. The van der Waals surface area contributed by atoms with Gasteiger partial charge in [-0.3, -0.25) is 4.79 Å². The zero-order valence-corrected chi connectivity index (χ0v) is 9.27. The molecule has 1 saturated heterocycles. The van der Waals surface area contributed by atoms with Gasteiger partial charge in [-0.25, -0.2) is 0 Å². The molecule has 3 N–H and O–H groups in total. The van der Waals surface area contributed by atoms with Crippen molar-refractivity contribution in [1.82, 2.24) is 15.5 Å². The summed E-state index contributed by atoms with van der Waals surface area (Å²) < 4.78 is 5.16. The molecule has 2 unspecified atom stereocenters. The van der Waals surface area contributed by atoms with Gasteiger partial charge in [-0.05, 0) is 38.8 Å². The number of rotatable bonds is 3. The largest absolute Gasteiger partial charge is 0.427 e. The predicted octanol–water partition coefficient (Wildman–Crippen LogP) is -0.188. The SMILES string of the molecule is CC(C(N)=O)(c1nnco1)C1CCCNC1. The van der Waals surface area contributed by atoms with Gasteiger partial charge in [-0.1, -0.05) is 0 Å². The molecule has 2 rings (SSSR count). The quantitative estimate of drug-likeness (QED) is 0.742. The molecule has 2 atom stereocenters. The van der Waals surface area contributed by atoms with Crippen molar-refractivity contribution >= 4 is 5.91 Å². The number of amides is 1. The number of nitrogens with zero attached hydrogens (tertiary/aromatic N) is 2. The minimum atomic E-state index is -0.871. The zero-order chi connectivity index (χ0) is 11.6. The van der Waals surface area contributed by atoms with Gasteiger partial charge in [0.15, 0.2) is 0 Å². The van der Waals surface area contributed by atoms with Gasteiger partial charge in [0, 0.05) is 0 Å². The maximum Gasteiger partial charge on any atom is 0.233 e. The van der Waals surface area contributed by atoms with Crippen LogP contribution in [0.2, 0.25) is 0 Å². The number of nitrogens with two attached hydrogens (primary N) is 1. The minimum absolute atomic E-state index is 0.110. The predicted molar refractivity (Wildman–Crippen MR) is 56.4 cm³/mol. The Morgan fingerprint density at radius 1 is 1.75 bits per heavy atom. The summed E-state index contributed by atoms with van der Waals surface area (Å²) in [4.78, 5) is 11.7.